The molecule has 6 nitrogen and oxygen atoms in total. The Morgan fingerprint density at radius 2 is 2.20 bits per heavy atom. The van der Waals surface area contributed by atoms with Gasteiger partial charge in [0, 0.05) is 6.07 Å². The van der Waals surface area contributed by atoms with Gasteiger partial charge in [0.2, 0.25) is 11.7 Å². The minimum atomic E-state index is -1.17. The van der Waals surface area contributed by atoms with Crippen molar-refractivity contribution in [2.24, 2.45) is 0 Å². The summed E-state index contributed by atoms with van der Waals surface area (Å²) in [6.45, 7) is 3.56. The number of hydrogen-bond donors (Lipinski definition) is 1. The third-order valence-electron chi connectivity index (χ3n) is 1.97. The van der Waals surface area contributed by atoms with Gasteiger partial charge in [0.05, 0.1) is 5.69 Å². The molecule has 6 heteroatoms. The Balaban J connectivity index is 2.41. The minimum absolute atomic E-state index is 0.237. The maximum absolute atomic E-state index is 10.5. The Bertz CT molecular complexity index is 492. The molecule has 0 unspecified atom stereocenters. The van der Waals surface area contributed by atoms with E-state index < -0.39 is 5.97 Å². The zero-order valence-corrected chi connectivity index (χ0v) is 8.14. The number of carboxylic acids is 1. The summed E-state index contributed by atoms with van der Waals surface area (Å²) < 4.78 is 9.85. The van der Waals surface area contributed by atoms with Gasteiger partial charge >= 0.3 is 5.97 Å². The molecule has 2 aromatic heterocycles. The number of rotatable bonds is 2. The Morgan fingerprint density at radius 3 is 2.67 bits per heavy atom. The Kier molecular flexibility index (Phi) is 2.03. The highest BCUT2D eigenvalue weighted by Gasteiger charge is 2.16. The smallest absolute Gasteiger partial charge is 0.374 e. The molecule has 0 amide bonds. The van der Waals surface area contributed by atoms with Crippen LogP contribution in [-0.4, -0.2) is 21.2 Å². The molecule has 2 heterocycles. The van der Waals surface area contributed by atoms with Gasteiger partial charge in [-0.05, 0) is 13.8 Å². The van der Waals surface area contributed by atoms with Crippen LogP contribution in [0.5, 0.6) is 0 Å². The summed E-state index contributed by atoms with van der Waals surface area (Å²) in [7, 11) is 0. The fraction of sp³-hybridized carbons (Fsp3) is 0.222. The molecule has 0 radical (unpaired) electrons. The van der Waals surface area contributed by atoms with E-state index in [2.05, 4.69) is 14.7 Å². The van der Waals surface area contributed by atoms with Crippen molar-refractivity contribution < 1.29 is 18.8 Å². The second-order valence-electron chi connectivity index (χ2n) is 3.04. The van der Waals surface area contributed by atoms with Crippen LogP contribution in [0.25, 0.3) is 11.6 Å². The molecule has 0 fully saturated rings. The van der Waals surface area contributed by atoms with Crippen LogP contribution in [0.4, 0.5) is 0 Å². The first-order valence-electron chi connectivity index (χ1n) is 4.22. The molecule has 2 rings (SSSR count). The largest absolute Gasteiger partial charge is 0.475 e. The van der Waals surface area contributed by atoms with Crippen molar-refractivity contribution in [1.29, 1.82) is 0 Å². The zero-order valence-electron chi connectivity index (χ0n) is 8.14. The number of carbonyl (C=O) groups is 1. The lowest BCUT2D eigenvalue weighted by Gasteiger charge is -1.82. The summed E-state index contributed by atoms with van der Waals surface area (Å²) in [6.07, 6.45) is 0. The highest BCUT2D eigenvalue weighted by Crippen LogP contribution is 2.20. The molecule has 0 spiro atoms. The average molecular weight is 208 g/mol. The van der Waals surface area contributed by atoms with E-state index in [0.717, 1.165) is 5.69 Å². The summed E-state index contributed by atoms with van der Waals surface area (Å²) in [4.78, 5) is 14.6. The number of oxazole rings is 1. The number of carboxylic acid groups (broad SMARTS) is 1. The molecular weight excluding hydrogens is 200 g/mol. The van der Waals surface area contributed by atoms with E-state index in [4.69, 9.17) is 9.52 Å². The molecule has 0 saturated heterocycles. The van der Waals surface area contributed by atoms with Crippen molar-refractivity contribution in [3.05, 3.63) is 23.3 Å². The van der Waals surface area contributed by atoms with Crippen LogP contribution in [0.1, 0.15) is 22.0 Å². The Hall–Kier alpha value is -2.11. The van der Waals surface area contributed by atoms with E-state index in [1.807, 2.05) is 0 Å². The lowest BCUT2D eigenvalue weighted by molar-refractivity contribution is 0.0652. The van der Waals surface area contributed by atoms with Gasteiger partial charge in [-0.1, -0.05) is 5.16 Å². The summed E-state index contributed by atoms with van der Waals surface area (Å²) in [5.74, 6) is -0.474. The molecule has 0 aromatic carbocycles. The van der Waals surface area contributed by atoms with Crippen molar-refractivity contribution >= 4 is 5.97 Å². The van der Waals surface area contributed by atoms with Gasteiger partial charge in [0.1, 0.15) is 5.76 Å². The van der Waals surface area contributed by atoms with Crippen LogP contribution >= 0.6 is 0 Å². The Labute approximate surface area is 84.5 Å². The number of aryl methyl sites for hydroxylation is 2. The van der Waals surface area contributed by atoms with Crippen molar-refractivity contribution in [2.45, 2.75) is 13.8 Å². The van der Waals surface area contributed by atoms with Crippen molar-refractivity contribution in [2.75, 3.05) is 0 Å². The molecule has 1 N–H and O–H groups in total. The minimum Gasteiger partial charge on any atom is -0.475 e. The molecule has 0 bridgehead atoms. The SMILES string of the molecule is Cc1nc(-c2cc(C(=O)O)on2)oc1C. The van der Waals surface area contributed by atoms with Crippen LogP contribution in [0.2, 0.25) is 0 Å². The molecular formula is C9H8N2O4. The average Bonchev–Trinajstić information content (AvgIpc) is 2.74. The van der Waals surface area contributed by atoms with E-state index >= 15 is 0 Å². The van der Waals surface area contributed by atoms with E-state index in [0.29, 0.717) is 5.76 Å². The number of aromatic carboxylic acids is 1. The predicted molar refractivity (Wildman–Crippen MR) is 48.4 cm³/mol. The van der Waals surface area contributed by atoms with E-state index in [9.17, 15) is 4.79 Å². The molecule has 0 atom stereocenters. The van der Waals surface area contributed by atoms with Crippen LogP contribution < -0.4 is 0 Å². The molecule has 0 aliphatic heterocycles. The highest BCUT2D eigenvalue weighted by molar-refractivity contribution is 5.85. The zero-order chi connectivity index (χ0) is 11.0. The number of aromatic nitrogens is 2. The van der Waals surface area contributed by atoms with Crippen LogP contribution in [0.3, 0.4) is 0 Å². The fourth-order valence-electron chi connectivity index (χ4n) is 1.06. The van der Waals surface area contributed by atoms with Gasteiger partial charge in [0.25, 0.3) is 0 Å². The standard InChI is InChI=1S/C9H8N2O4/c1-4-5(2)14-8(10-4)6-3-7(9(12)13)15-11-6/h3H,1-2H3,(H,12,13). The van der Waals surface area contributed by atoms with Crippen molar-refractivity contribution in [3.8, 4) is 11.6 Å². The second kappa shape index (κ2) is 3.23. The van der Waals surface area contributed by atoms with Gasteiger partial charge in [-0.3, -0.25) is 0 Å². The summed E-state index contributed by atoms with van der Waals surface area (Å²) >= 11 is 0. The van der Waals surface area contributed by atoms with E-state index in [-0.39, 0.29) is 17.3 Å². The quantitative estimate of drug-likeness (QED) is 0.806. The van der Waals surface area contributed by atoms with Crippen LogP contribution in [0.15, 0.2) is 15.0 Å². The third kappa shape index (κ3) is 1.61. The first-order valence-corrected chi connectivity index (χ1v) is 4.22. The van der Waals surface area contributed by atoms with Crippen molar-refractivity contribution in [1.82, 2.24) is 10.1 Å². The molecule has 0 aliphatic carbocycles. The molecule has 15 heavy (non-hydrogen) atoms. The fourth-order valence-corrected chi connectivity index (χ4v) is 1.06. The molecule has 2 aromatic rings. The number of hydrogen-bond acceptors (Lipinski definition) is 5. The number of nitrogens with zero attached hydrogens (tertiary/aromatic N) is 2. The third-order valence-corrected chi connectivity index (χ3v) is 1.97. The normalized spacial score (nSPS) is 10.5. The summed E-state index contributed by atoms with van der Waals surface area (Å²) in [6, 6.07) is 1.27. The first kappa shape index (κ1) is 9.45. The van der Waals surface area contributed by atoms with E-state index in [1.165, 1.54) is 6.07 Å². The molecule has 0 saturated carbocycles. The second-order valence-corrected chi connectivity index (χ2v) is 3.04. The predicted octanol–water partition coefficient (Wildman–Crippen LogP) is 1.64. The van der Waals surface area contributed by atoms with E-state index in [1.54, 1.807) is 13.8 Å². The Morgan fingerprint density at radius 1 is 1.47 bits per heavy atom. The van der Waals surface area contributed by atoms with Crippen LogP contribution in [0, 0.1) is 13.8 Å². The van der Waals surface area contributed by atoms with Gasteiger partial charge in [-0.2, -0.15) is 0 Å². The van der Waals surface area contributed by atoms with Gasteiger partial charge in [0.15, 0.2) is 5.69 Å². The van der Waals surface area contributed by atoms with Crippen molar-refractivity contribution in [3.63, 3.8) is 0 Å². The molecule has 78 valence electrons. The maximum atomic E-state index is 10.5. The van der Waals surface area contributed by atoms with Gasteiger partial charge in [-0.15, -0.1) is 0 Å². The topological polar surface area (TPSA) is 89.4 Å². The monoisotopic (exact) mass is 208 g/mol. The van der Waals surface area contributed by atoms with Gasteiger partial charge in [-0.25, -0.2) is 9.78 Å². The lowest BCUT2D eigenvalue weighted by atomic mass is 10.3. The van der Waals surface area contributed by atoms with Crippen LogP contribution in [-0.2, 0) is 0 Å². The lowest BCUT2D eigenvalue weighted by Crippen LogP contribution is -1.91. The first-order chi connectivity index (χ1) is 7.08. The molecule has 0 aliphatic rings. The van der Waals surface area contributed by atoms with Gasteiger partial charge < -0.3 is 14.0 Å². The maximum Gasteiger partial charge on any atom is 0.374 e. The highest BCUT2D eigenvalue weighted by atomic mass is 16.5. The summed E-state index contributed by atoms with van der Waals surface area (Å²) in [5.41, 5.74) is 1.02. The summed E-state index contributed by atoms with van der Waals surface area (Å²) in [5, 5.41) is 12.2.